The van der Waals surface area contributed by atoms with Crippen molar-refractivity contribution in [1.29, 1.82) is 5.26 Å². The summed E-state index contributed by atoms with van der Waals surface area (Å²) in [6.07, 6.45) is 1.54. The fourth-order valence-corrected chi connectivity index (χ4v) is 1.85. The van der Waals surface area contributed by atoms with E-state index in [0.717, 1.165) is 36.0 Å². The third-order valence-corrected chi connectivity index (χ3v) is 3.16. The maximum absolute atomic E-state index is 8.81. The first-order valence-corrected chi connectivity index (χ1v) is 6.70. The lowest BCUT2D eigenvalue weighted by atomic mass is 10.2. The number of hydrogen-bond donors (Lipinski definition) is 1. The lowest BCUT2D eigenvalue weighted by Gasteiger charge is -2.26. The van der Waals surface area contributed by atoms with Crippen LogP contribution in [0.25, 0.3) is 0 Å². The van der Waals surface area contributed by atoms with Gasteiger partial charge in [0.15, 0.2) is 0 Å². The molecule has 0 aromatic carbocycles. The second kappa shape index (κ2) is 6.93. The van der Waals surface area contributed by atoms with Crippen LogP contribution in [-0.2, 0) is 0 Å². The molecule has 0 bridgehead atoms. The predicted octanol–water partition coefficient (Wildman–Crippen LogP) is 2.65. The maximum atomic E-state index is 8.81. The molecular formula is C14H23N5. The second-order valence-electron chi connectivity index (χ2n) is 4.82. The highest BCUT2D eigenvalue weighted by molar-refractivity contribution is 5.58. The lowest BCUT2D eigenvalue weighted by Crippen LogP contribution is -2.30. The first kappa shape index (κ1) is 15.2. The highest BCUT2D eigenvalue weighted by Crippen LogP contribution is 2.24. The van der Waals surface area contributed by atoms with E-state index in [1.165, 1.54) is 0 Å². The Balaban J connectivity index is 3.06. The largest absolute Gasteiger partial charge is 0.370 e. The maximum Gasteiger partial charge on any atom is 0.137 e. The zero-order chi connectivity index (χ0) is 14.4. The summed E-state index contributed by atoms with van der Waals surface area (Å²) in [6.45, 7) is 8.96. The van der Waals surface area contributed by atoms with Gasteiger partial charge >= 0.3 is 0 Å². The zero-order valence-electron chi connectivity index (χ0n) is 12.5. The van der Waals surface area contributed by atoms with Crippen molar-refractivity contribution in [2.24, 2.45) is 0 Å². The average molecular weight is 261 g/mol. The van der Waals surface area contributed by atoms with Crippen LogP contribution < -0.4 is 10.2 Å². The number of aromatic nitrogens is 2. The molecule has 1 rings (SSSR count). The summed E-state index contributed by atoms with van der Waals surface area (Å²) in [5.41, 5.74) is 1.03. The van der Waals surface area contributed by atoms with Crippen LogP contribution in [0.3, 0.4) is 0 Å². The molecular weight excluding hydrogens is 238 g/mol. The SMILES string of the molecule is CCCNc1nc(C)nc(N(C)C(C)CC#N)c1C. The molecule has 0 fully saturated rings. The molecule has 5 heteroatoms. The summed E-state index contributed by atoms with van der Waals surface area (Å²) in [5.74, 6) is 2.53. The van der Waals surface area contributed by atoms with Crippen LogP contribution in [0, 0.1) is 25.2 Å². The normalized spacial score (nSPS) is 11.8. The van der Waals surface area contributed by atoms with Gasteiger partial charge in [-0.15, -0.1) is 0 Å². The third kappa shape index (κ3) is 3.82. The van der Waals surface area contributed by atoms with Gasteiger partial charge in [0.05, 0.1) is 12.5 Å². The minimum absolute atomic E-state index is 0.136. The summed E-state index contributed by atoms with van der Waals surface area (Å²) in [4.78, 5) is 11.0. The van der Waals surface area contributed by atoms with Crippen molar-refractivity contribution in [2.75, 3.05) is 23.8 Å². The molecule has 0 saturated carbocycles. The van der Waals surface area contributed by atoms with Gasteiger partial charge in [0, 0.05) is 25.2 Å². The Kier molecular flexibility index (Phi) is 5.56. The van der Waals surface area contributed by atoms with Crippen LogP contribution in [-0.4, -0.2) is 29.6 Å². The van der Waals surface area contributed by atoms with Crippen molar-refractivity contribution >= 4 is 11.6 Å². The van der Waals surface area contributed by atoms with E-state index in [-0.39, 0.29) is 6.04 Å². The Bertz CT molecular complexity index is 464. The van der Waals surface area contributed by atoms with E-state index in [0.29, 0.717) is 6.42 Å². The van der Waals surface area contributed by atoms with Crippen LogP contribution in [0.5, 0.6) is 0 Å². The van der Waals surface area contributed by atoms with E-state index in [1.54, 1.807) is 0 Å². The van der Waals surface area contributed by atoms with Crippen LogP contribution >= 0.6 is 0 Å². The van der Waals surface area contributed by atoms with Gasteiger partial charge < -0.3 is 10.2 Å². The molecule has 1 unspecified atom stereocenters. The van der Waals surface area contributed by atoms with Crippen LogP contribution in [0.4, 0.5) is 11.6 Å². The predicted molar refractivity (Wildman–Crippen MR) is 78.4 cm³/mol. The summed E-state index contributed by atoms with van der Waals surface area (Å²) in [5, 5.41) is 12.1. The van der Waals surface area contributed by atoms with Crippen molar-refractivity contribution < 1.29 is 0 Å². The molecule has 0 aliphatic heterocycles. The van der Waals surface area contributed by atoms with E-state index < -0.39 is 0 Å². The highest BCUT2D eigenvalue weighted by Gasteiger charge is 2.16. The van der Waals surface area contributed by atoms with Gasteiger partial charge in [-0.3, -0.25) is 0 Å². The molecule has 0 spiro atoms. The number of rotatable bonds is 6. The Hall–Kier alpha value is -1.83. The van der Waals surface area contributed by atoms with Crippen molar-refractivity contribution in [2.45, 2.75) is 46.6 Å². The molecule has 19 heavy (non-hydrogen) atoms. The van der Waals surface area contributed by atoms with E-state index in [9.17, 15) is 0 Å². The Labute approximate surface area is 115 Å². The molecule has 0 radical (unpaired) electrons. The summed E-state index contributed by atoms with van der Waals surface area (Å²) < 4.78 is 0. The molecule has 0 aliphatic carbocycles. The summed E-state index contributed by atoms with van der Waals surface area (Å²) in [7, 11) is 1.97. The monoisotopic (exact) mass is 261 g/mol. The Morgan fingerprint density at radius 1 is 1.37 bits per heavy atom. The molecule has 1 atom stereocenters. The number of nitrogens with one attached hydrogen (secondary N) is 1. The number of anilines is 2. The van der Waals surface area contributed by atoms with E-state index in [1.807, 2.05) is 32.7 Å². The number of nitriles is 1. The van der Waals surface area contributed by atoms with Crippen molar-refractivity contribution in [3.8, 4) is 6.07 Å². The quantitative estimate of drug-likeness (QED) is 0.852. The van der Waals surface area contributed by atoms with Crippen molar-refractivity contribution in [3.63, 3.8) is 0 Å². The van der Waals surface area contributed by atoms with Gasteiger partial charge in [-0.25, -0.2) is 9.97 Å². The second-order valence-corrected chi connectivity index (χ2v) is 4.82. The topological polar surface area (TPSA) is 64.8 Å². The standard InChI is InChI=1S/C14H23N5/c1-6-9-16-13-11(3)14(18-12(4)17-13)19(5)10(2)7-8-15/h10H,6-7,9H2,1-5H3,(H,16,17,18). The Morgan fingerprint density at radius 3 is 2.63 bits per heavy atom. The first-order chi connectivity index (χ1) is 9.01. The van der Waals surface area contributed by atoms with Gasteiger partial charge in [0.1, 0.15) is 17.5 Å². The fourth-order valence-electron chi connectivity index (χ4n) is 1.85. The summed E-state index contributed by atoms with van der Waals surface area (Å²) >= 11 is 0. The number of hydrogen-bond acceptors (Lipinski definition) is 5. The minimum atomic E-state index is 0.136. The molecule has 1 aromatic heterocycles. The van der Waals surface area contributed by atoms with Crippen molar-refractivity contribution in [1.82, 2.24) is 9.97 Å². The van der Waals surface area contributed by atoms with Crippen LogP contribution in [0.2, 0.25) is 0 Å². The number of aryl methyl sites for hydroxylation is 1. The summed E-state index contributed by atoms with van der Waals surface area (Å²) in [6, 6.07) is 2.34. The molecule has 1 heterocycles. The van der Waals surface area contributed by atoms with Crippen LogP contribution in [0.15, 0.2) is 0 Å². The lowest BCUT2D eigenvalue weighted by molar-refractivity contribution is 0.688. The van der Waals surface area contributed by atoms with Crippen LogP contribution in [0.1, 0.15) is 38.1 Å². The molecule has 5 nitrogen and oxygen atoms in total. The Morgan fingerprint density at radius 2 is 2.05 bits per heavy atom. The molecule has 0 aliphatic rings. The smallest absolute Gasteiger partial charge is 0.137 e. The van der Waals surface area contributed by atoms with Gasteiger partial charge in [-0.05, 0) is 27.2 Å². The molecule has 1 aromatic rings. The van der Waals surface area contributed by atoms with E-state index in [2.05, 4.69) is 28.3 Å². The highest BCUT2D eigenvalue weighted by atomic mass is 15.2. The van der Waals surface area contributed by atoms with Crippen molar-refractivity contribution in [3.05, 3.63) is 11.4 Å². The number of nitrogens with zero attached hydrogens (tertiary/aromatic N) is 4. The molecule has 104 valence electrons. The van der Waals surface area contributed by atoms with E-state index >= 15 is 0 Å². The zero-order valence-corrected chi connectivity index (χ0v) is 12.5. The fraction of sp³-hybridized carbons (Fsp3) is 0.643. The minimum Gasteiger partial charge on any atom is -0.370 e. The molecule has 0 amide bonds. The van der Waals surface area contributed by atoms with Gasteiger partial charge in [0.2, 0.25) is 0 Å². The van der Waals surface area contributed by atoms with Gasteiger partial charge in [-0.1, -0.05) is 6.92 Å². The van der Waals surface area contributed by atoms with Gasteiger partial charge in [-0.2, -0.15) is 5.26 Å². The molecule has 0 saturated heterocycles. The average Bonchev–Trinajstić information content (AvgIpc) is 2.38. The third-order valence-electron chi connectivity index (χ3n) is 3.16. The first-order valence-electron chi connectivity index (χ1n) is 6.70. The molecule has 1 N–H and O–H groups in total. The van der Waals surface area contributed by atoms with Gasteiger partial charge in [0.25, 0.3) is 0 Å². The van der Waals surface area contributed by atoms with E-state index in [4.69, 9.17) is 5.26 Å².